The van der Waals surface area contributed by atoms with Gasteiger partial charge in [0, 0.05) is 13.5 Å². The Balaban J connectivity index is 1.70. The second-order valence-electron chi connectivity index (χ2n) is 7.03. The standard InChI is InChI=1S/C23H21Cl2N3O4/c1-28(14-20(29)27-21-16(24)9-5-10-17(21)25)23(31)18(13-15-7-3-2-4-8-15)26-22(30)19-11-6-12-32-19/h2-12,18H,13-14H2,1H3,(H,26,30)(H,27,29). The van der Waals surface area contributed by atoms with E-state index in [4.69, 9.17) is 27.6 Å². The summed E-state index contributed by atoms with van der Waals surface area (Å²) in [6.07, 6.45) is 1.62. The molecule has 2 aromatic carbocycles. The van der Waals surface area contributed by atoms with E-state index in [0.29, 0.717) is 0 Å². The lowest BCUT2D eigenvalue weighted by molar-refractivity contribution is -0.135. The number of carbonyl (C=O) groups excluding carboxylic acids is 3. The highest BCUT2D eigenvalue weighted by molar-refractivity contribution is 6.39. The van der Waals surface area contributed by atoms with E-state index in [0.717, 1.165) is 5.56 Å². The zero-order valence-electron chi connectivity index (χ0n) is 17.2. The Morgan fingerprint density at radius 1 is 0.969 bits per heavy atom. The van der Waals surface area contributed by atoms with Gasteiger partial charge in [-0.1, -0.05) is 59.6 Å². The van der Waals surface area contributed by atoms with Gasteiger partial charge in [-0.05, 0) is 29.8 Å². The van der Waals surface area contributed by atoms with Crippen LogP contribution in [0.3, 0.4) is 0 Å². The van der Waals surface area contributed by atoms with Crippen LogP contribution < -0.4 is 10.6 Å². The summed E-state index contributed by atoms with van der Waals surface area (Å²) in [6, 6.07) is 16.3. The highest BCUT2D eigenvalue weighted by Gasteiger charge is 2.27. The highest BCUT2D eigenvalue weighted by Crippen LogP contribution is 2.29. The summed E-state index contributed by atoms with van der Waals surface area (Å²) in [5, 5.41) is 5.88. The normalized spacial score (nSPS) is 11.5. The molecule has 2 N–H and O–H groups in total. The monoisotopic (exact) mass is 473 g/mol. The molecular weight excluding hydrogens is 453 g/mol. The van der Waals surface area contributed by atoms with Gasteiger partial charge in [-0.2, -0.15) is 0 Å². The summed E-state index contributed by atoms with van der Waals surface area (Å²) in [5.74, 6) is -1.35. The number of nitrogens with one attached hydrogen (secondary N) is 2. The molecule has 0 bridgehead atoms. The van der Waals surface area contributed by atoms with Gasteiger partial charge in [0.15, 0.2) is 5.76 Å². The molecule has 3 amide bonds. The van der Waals surface area contributed by atoms with Crippen LogP contribution in [0.25, 0.3) is 0 Å². The molecule has 0 spiro atoms. The summed E-state index contributed by atoms with van der Waals surface area (Å²) in [6.45, 7) is -0.262. The molecule has 3 rings (SSSR count). The van der Waals surface area contributed by atoms with Crippen molar-refractivity contribution >= 4 is 46.6 Å². The molecule has 1 unspecified atom stereocenters. The van der Waals surface area contributed by atoms with Crippen molar-refractivity contribution in [3.05, 3.63) is 88.3 Å². The zero-order chi connectivity index (χ0) is 23.1. The maximum absolute atomic E-state index is 13.1. The largest absolute Gasteiger partial charge is 0.459 e. The SMILES string of the molecule is CN(CC(=O)Nc1c(Cl)cccc1Cl)C(=O)C(Cc1ccccc1)NC(=O)c1ccco1. The molecule has 0 aliphatic carbocycles. The van der Waals surface area contributed by atoms with Crippen molar-refractivity contribution in [1.82, 2.24) is 10.2 Å². The van der Waals surface area contributed by atoms with Crippen LogP contribution >= 0.6 is 23.2 Å². The fraction of sp³-hybridized carbons (Fsp3) is 0.174. The number of furan rings is 1. The lowest BCUT2D eigenvalue weighted by Gasteiger charge is -2.24. The number of likely N-dealkylation sites (N-methyl/N-ethyl adjacent to an activating group) is 1. The second kappa shape index (κ2) is 10.8. The van der Waals surface area contributed by atoms with Crippen molar-refractivity contribution in [3.63, 3.8) is 0 Å². The Morgan fingerprint density at radius 2 is 1.66 bits per heavy atom. The van der Waals surface area contributed by atoms with Crippen LogP contribution in [0.1, 0.15) is 16.1 Å². The number of halogens is 2. The first-order chi connectivity index (χ1) is 15.3. The molecule has 0 radical (unpaired) electrons. The maximum Gasteiger partial charge on any atom is 0.287 e. The third-order valence-corrected chi connectivity index (χ3v) is 5.25. The topological polar surface area (TPSA) is 91.7 Å². The minimum atomic E-state index is -0.906. The zero-order valence-corrected chi connectivity index (χ0v) is 18.7. The minimum Gasteiger partial charge on any atom is -0.459 e. The fourth-order valence-corrected chi connectivity index (χ4v) is 3.53. The third kappa shape index (κ3) is 6.12. The number of hydrogen-bond donors (Lipinski definition) is 2. The van der Waals surface area contributed by atoms with E-state index < -0.39 is 23.8 Å². The molecule has 0 fully saturated rings. The molecule has 3 aromatic rings. The number of para-hydroxylation sites is 1. The van der Waals surface area contributed by atoms with Gasteiger partial charge in [0.1, 0.15) is 6.04 Å². The van der Waals surface area contributed by atoms with E-state index in [9.17, 15) is 14.4 Å². The van der Waals surface area contributed by atoms with E-state index in [1.54, 1.807) is 24.3 Å². The Hall–Kier alpha value is -3.29. The molecule has 1 heterocycles. The first kappa shape index (κ1) is 23.4. The van der Waals surface area contributed by atoms with Gasteiger partial charge in [-0.25, -0.2) is 0 Å². The smallest absolute Gasteiger partial charge is 0.287 e. The Kier molecular flexibility index (Phi) is 7.92. The summed E-state index contributed by atoms with van der Waals surface area (Å²) in [7, 11) is 1.48. The summed E-state index contributed by atoms with van der Waals surface area (Å²) >= 11 is 12.2. The third-order valence-electron chi connectivity index (χ3n) is 4.62. The molecule has 0 aliphatic rings. The van der Waals surface area contributed by atoms with Crippen LogP contribution in [0.5, 0.6) is 0 Å². The van der Waals surface area contributed by atoms with E-state index in [1.165, 1.54) is 24.3 Å². The van der Waals surface area contributed by atoms with Crippen molar-refractivity contribution in [1.29, 1.82) is 0 Å². The Bertz CT molecular complexity index is 1070. The van der Waals surface area contributed by atoms with Gasteiger partial charge in [-0.3, -0.25) is 14.4 Å². The van der Waals surface area contributed by atoms with Crippen LogP contribution in [0.15, 0.2) is 71.3 Å². The van der Waals surface area contributed by atoms with Crippen molar-refractivity contribution in [2.75, 3.05) is 18.9 Å². The van der Waals surface area contributed by atoms with Crippen LogP contribution in [-0.4, -0.2) is 42.3 Å². The number of amides is 3. The van der Waals surface area contributed by atoms with Crippen LogP contribution in [0.4, 0.5) is 5.69 Å². The molecule has 9 heteroatoms. The van der Waals surface area contributed by atoms with Gasteiger partial charge in [0.25, 0.3) is 5.91 Å². The lowest BCUT2D eigenvalue weighted by Crippen LogP contribution is -2.50. The molecule has 1 atom stereocenters. The molecule has 0 saturated heterocycles. The predicted octanol–water partition coefficient (Wildman–Crippen LogP) is 4.02. The van der Waals surface area contributed by atoms with Crippen molar-refractivity contribution in [3.8, 4) is 0 Å². The second-order valence-corrected chi connectivity index (χ2v) is 7.85. The Morgan fingerprint density at radius 3 is 2.28 bits per heavy atom. The predicted molar refractivity (Wildman–Crippen MR) is 123 cm³/mol. The number of hydrogen-bond acceptors (Lipinski definition) is 4. The molecule has 0 aliphatic heterocycles. The number of benzene rings is 2. The van der Waals surface area contributed by atoms with Crippen molar-refractivity contribution in [2.45, 2.75) is 12.5 Å². The van der Waals surface area contributed by atoms with Gasteiger partial charge in [0.05, 0.1) is 28.5 Å². The van der Waals surface area contributed by atoms with E-state index in [1.807, 2.05) is 30.3 Å². The van der Waals surface area contributed by atoms with E-state index >= 15 is 0 Å². The van der Waals surface area contributed by atoms with E-state index in [2.05, 4.69) is 10.6 Å². The number of carbonyl (C=O) groups is 3. The summed E-state index contributed by atoms with van der Waals surface area (Å²) in [4.78, 5) is 39.3. The fourth-order valence-electron chi connectivity index (χ4n) is 3.04. The van der Waals surface area contributed by atoms with Crippen LogP contribution in [0.2, 0.25) is 10.0 Å². The minimum absolute atomic E-state index is 0.0876. The van der Waals surface area contributed by atoms with Gasteiger partial charge < -0.3 is 20.0 Å². The van der Waals surface area contributed by atoms with Gasteiger partial charge in [0.2, 0.25) is 11.8 Å². The summed E-state index contributed by atoms with van der Waals surface area (Å²) in [5.41, 5.74) is 1.12. The van der Waals surface area contributed by atoms with Gasteiger partial charge >= 0.3 is 0 Å². The molecule has 1 aromatic heterocycles. The molecule has 7 nitrogen and oxygen atoms in total. The molecular formula is C23H21Cl2N3O4. The molecule has 0 saturated carbocycles. The number of rotatable bonds is 8. The average Bonchev–Trinajstić information content (AvgIpc) is 3.31. The molecule has 166 valence electrons. The Labute approximate surface area is 195 Å². The highest BCUT2D eigenvalue weighted by atomic mass is 35.5. The van der Waals surface area contributed by atoms with Crippen molar-refractivity contribution in [2.24, 2.45) is 0 Å². The average molecular weight is 474 g/mol. The summed E-state index contributed by atoms with van der Waals surface area (Å²) < 4.78 is 5.11. The lowest BCUT2D eigenvalue weighted by atomic mass is 10.0. The van der Waals surface area contributed by atoms with E-state index in [-0.39, 0.29) is 34.5 Å². The van der Waals surface area contributed by atoms with Gasteiger partial charge in [-0.15, -0.1) is 0 Å². The first-order valence-electron chi connectivity index (χ1n) is 9.72. The van der Waals surface area contributed by atoms with Crippen LogP contribution in [-0.2, 0) is 16.0 Å². The maximum atomic E-state index is 13.1. The first-order valence-corrected chi connectivity index (χ1v) is 10.5. The van der Waals surface area contributed by atoms with Crippen molar-refractivity contribution < 1.29 is 18.8 Å². The quantitative estimate of drug-likeness (QED) is 0.516. The van der Waals surface area contributed by atoms with Crippen LogP contribution in [0, 0.1) is 0 Å². The number of anilines is 1. The molecule has 32 heavy (non-hydrogen) atoms. The number of nitrogens with zero attached hydrogens (tertiary/aromatic N) is 1.